The van der Waals surface area contributed by atoms with E-state index in [1.54, 1.807) is 0 Å². The minimum Gasteiger partial charge on any atom is -0.320 e. The van der Waals surface area contributed by atoms with E-state index in [4.69, 9.17) is 0 Å². The van der Waals surface area contributed by atoms with Crippen molar-refractivity contribution < 1.29 is 9.59 Å². The van der Waals surface area contributed by atoms with Crippen LogP contribution < -0.4 is 10.2 Å². The Balaban J connectivity index is 1.55. The number of rotatable bonds is 3. The van der Waals surface area contributed by atoms with Crippen LogP contribution in [0, 0.1) is 6.92 Å². The molecule has 0 atom stereocenters. The van der Waals surface area contributed by atoms with Gasteiger partial charge in [-0.3, -0.25) is 9.59 Å². The van der Waals surface area contributed by atoms with E-state index >= 15 is 0 Å². The average Bonchev–Trinajstić information content (AvgIpc) is 3.21. The van der Waals surface area contributed by atoms with Crippen LogP contribution in [0.15, 0.2) is 42.5 Å². The van der Waals surface area contributed by atoms with Crippen LogP contribution in [0.1, 0.15) is 28.2 Å². The van der Waals surface area contributed by atoms with Crippen molar-refractivity contribution in [3.05, 3.63) is 53.0 Å². The Kier molecular flexibility index (Phi) is 3.97. The Hall–Kier alpha value is -2.73. The van der Waals surface area contributed by atoms with Crippen molar-refractivity contribution in [2.45, 2.75) is 19.8 Å². The summed E-state index contributed by atoms with van der Waals surface area (Å²) in [6, 6.07) is 13.3. The van der Waals surface area contributed by atoms with Crippen LogP contribution in [0.2, 0.25) is 0 Å². The van der Waals surface area contributed by atoms with Crippen molar-refractivity contribution in [1.29, 1.82) is 0 Å². The summed E-state index contributed by atoms with van der Waals surface area (Å²) in [6.45, 7) is 2.71. The van der Waals surface area contributed by atoms with Crippen molar-refractivity contribution in [1.82, 2.24) is 4.98 Å². The molecular formula is C19H17N3O2S. The van der Waals surface area contributed by atoms with Crippen molar-refractivity contribution in [2.24, 2.45) is 0 Å². The zero-order chi connectivity index (χ0) is 17.4. The molecular weight excluding hydrogens is 334 g/mol. The third-order valence-corrected chi connectivity index (χ3v) is 5.34. The van der Waals surface area contributed by atoms with Crippen LogP contribution in [-0.2, 0) is 4.79 Å². The highest BCUT2D eigenvalue weighted by molar-refractivity contribution is 7.20. The lowest BCUT2D eigenvalue weighted by Crippen LogP contribution is -2.24. The fourth-order valence-corrected chi connectivity index (χ4v) is 3.95. The number of fused-ring (bicyclic) bond motifs is 1. The van der Waals surface area contributed by atoms with Crippen LogP contribution >= 0.6 is 11.3 Å². The smallest absolute Gasteiger partial charge is 0.284 e. The maximum absolute atomic E-state index is 12.5. The summed E-state index contributed by atoms with van der Waals surface area (Å²) in [4.78, 5) is 30.6. The summed E-state index contributed by atoms with van der Waals surface area (Å²) in [5, 5.41) is 3.34. The topological polar surface area (TPSA) is 62.3 Å². The molecule has 0 unspecified atom stereocenters. The number of nitrogens with zero attached hydrogens (tertiary/aromatic N) is 2. The zero-order valence-electron chi connectivity index (χ0n) is 13.8. The first-order valence-corrected chi connectivity index (χ1v) is 9.01. The Morgan fingerprint density at radius 1 is 1.24 bits per heavy atom. The van der Waals surface area contributed by atoms with Gasteiger partial charge in [-0.1, -0.05) is 12.1 Å². The van der Waals surface area contributed by atoms with Gasteiger partial charge in [-0.2, -0.15) is 0 Å². The summed E-state index contributed by atoms with van der Waals surface area (Å²) in [7, 11) is 0. The Labute approximate surface area is 149 Å². The third-order valence-electron chi connectivity index (χ3n) is 4.31. The first-order chi connectivity index (χ1) is 12.1. The van der Waals surface area contributed by atoms with Gasteiger partial charge in [0.2, 0.25) is 5.91 Å². The van der Waals surface area contributed by atoms with Crippen LogP contribution in [-0.4, -0.2) is 23.3 Å². The van der Waals surface area contributed by atoms with Crippen LogP contribution in [0.3, 0.4) is 0 Å². The van der Waals surface area contributed by atoms with Gasteiger partial charge in [0.05, 0.1) is 10.2 Å². The number of aromatic nitrogens is 1. The minimum absolute atomic E-state index is 0.161. The molecule has 1 aliphatic heterocycles. The largest absolute Gasteiger partial charge is 0.320 e. The quantitative estimate of drug-likeness (QED) is 0.776. The number of nitrogens with one attached hydrogen (secondary N) is 1. The number of carbonyl (C=O) groups excluding carboxylic acids is 2. The number of anilines is 2. The Bertz CT molecular complexity index is 947. The van der Waals surface area contributed by atoms with Gasteiger partial charge in [-0.25, -0.2) is 4.98 Å². The maximum atomic E-state index is 12.5. The second-order valence-electron chi connectivity index (χ2n) is 6.09. The number of carbonyl (C=O) groups is 2. The fourth-order valence-electron chi connectivity index (χ4n) is 3.09. The molecule has 3 aromatic rings. The van der Waals surface area contributed by atoms with Gasteiger partial charge in [0, 0.05) is 24.3 Å². The molecule has 1 saturated heterocycles. The second kappa shape index (κ2) is 6.29. The molecule has 0 spiro atoms. The molecule has 2 amide bonds. The molecule has 0 radical (unpaired) electrons. The number of aryl methyl sites for hydroxylation is 1. The molecule has 1 aromatic heterocycles. The van der Waals surface area contributed by atoms with Gasteiger partial charge >= 0.3 is 0 Å². The van der Waals surface area contributed by atoms with Gasteiger partial charge in [0.1, 0.15) is 0 Å². The molecule has 25 heavy (non-hydrogen) atoms. The number of hydrogen-bond donors (Lipinski definition) is 1. The highest BCUT2D eigenvalue weighted by atomic mass is 32.1. The first kappa shape index (κ1) is 15.8. The monoisotopic (exact) mass is 351 g/mol. The predicted molar refractivity (Wildman–Crippen MR) is 100 cm³/mol. The average molecular weight is 351 g/mol. The molecule has 1 aliphatic rings. The predicted octanol–water partition coefficient (Wildman–Crippen LogP) is 3.98. The molecule has 6 heteroatoms. The van der Waals surface area contributed by atoms with Gasteiger partial charge in [-0.15, -0.1) is 11.3 Å². The number of thiazole rings is 1. The van der Waals surface area contributed by atoms with Crippen LogP contribution in [0.5, 0.6) is 0 Å². The number of benzene rings is 2. The Morgan fingerprint density at radius 3 is 2.80 bits per heavy atom. The van der Waals surface area contributed by atoms with E-state index in [9.17, 15) is 9.59 Å². The molecule has 2 heterocycles. The highest BCUT2D eigenvalue weighted by Gasteiger charge is 2.23. The third kappa shape index (κ3) is 3.00. The molecule has 5 nitrogen and oxygen atoms in total. The van der Waals surface area contributed by atoms with E-state index in [-0.39, 0.29) is 11.8 Å². The molecule has 0 aliphatic carbocycles. The van der Waals surface area contributed by atoms with E-state index in [1.165, 1.54) is 11.3 Å². The normalized spacial score (nSPS) is 14.3. The highest BCUT2D eigenvalue weighted by Crippen LogP contribution is 2.28. The van der Waals surface area contributed by atoms with E-state index in [1.807, 2.05) is 54.3 Å². The molecule has 126 valence electrons. The zero-order valence-corrected chi connectivity index (χ0v) is 14.6. The molecule has 1 N–H and O–H groups in total. The lowest BCUT2D eigenvalue weighted by molar-refractivity contribution is -0.117. The van der Waals surface area contributed by atoms with Crippen molar-refractivity contribution in [3.8, 4) is 0 Å². The van der Waals surface area contributed by atoms with E-state index in [0.29, 0.717) is 17.1 Å². The van der Waals surface area contributed by atoms with Crippen molar-refractivity contribution in [2.75, 3.05) is 16.8 Å². The van der Waals surface area contributed by atoms with Crippen LogP contribution in [0.25, 0.3) is 10.2 Å². The van der Waals surface area contributed by atoms with Gasteiger partial charge < -0.3 is 10.2 Å². The van der Waals surface area contributed by atoms with Crippen LogP contribution in [0.4, 0.5) is 11.4 Å². The van der Waals surface area contributed by atoms with E-state index < -0.39 is 0 Å². The summed E-state index contributed by atoms with van der Waals surface area (Å²) in [5.74, 6) is -0.0556. The van der Waals surface area contributed by atoms with Crippen molar-refractivity contribution >= 4 is 44.7 Å². The molecule has 2 aromatic carbocycles. The standard InChI is InChI=1S/C19H17N3O2S/c1-12-11-13(8-9-15(12)22-10-4-7-17(22)23)20-18(24)19-21-14-5-2-3-6-16(14)25-19/h2-3,5-6,8-9,11H,4,7,10H2,1H3,(H,20,24). The number of para-hydroxylation sites is 1. The number of hydrogen-bond acceptors (Lipinski definition) is 4. The fraction of sp³-hybridized carbons (Fsp3) is 0.211. The van der Waals surface area contributed by atoms with Gasteiger partial charge in [-0.05, 0) is 49.2 Å². The SMILES string of the molecule is Cc1cc(NC(=O)c2nc3ccccc3s2)ccc1N1CCCC1=O. The second-order valence-corrected chi connectivity index (χ2v) is 7.12. The molecule has 4 rings (SSSR count). The van der Waals surface area contributed by atoms with Crippen molar-refractivity contribution in [3.63, 3.8) is 0 Å². The Morgan fingerprint density at radius 2 is 2.08 bits per heavy atom. The summed E-state index contributed by atoms with van der Waals surface area (Å²) >= 11 is 1.38. The first-order valence-electron chi connectivity index (χ1n) is 8.20. The lowest BCUT2D eigenvalue weighted by atomic mass is 10.1. The molecule has 1 fully saturated rings. The summed E-state index contributed by atoms with van der Waals surface area (Å²) in [6.07, 6.45) is 1.50. The van der Waals surface area contributed by atoms with Gasteiger partial charge in [0.15, 0.2) is 5.01 Å². The summed E-state index contributed by atoms with van der Waals surface area (Å²) in [5.41, 5.74) is 3.42. The lowest BCUT2D eigenvalue weighted by Gasteiger charge is -2.19. The summed E-state index contributed by atoms with van der Waals surface area (Å²) < 4.78 is 0.992. The molecule has 0 saturated carbocycles. The van der Waals surface area contributed by atoms with E-state index in [2.05, 4.69) is 10.3 Å². The van der Waals surface area contributed by atoms with Gasteiger partial charge in [0.25, 0.3) is 5.91 Å². The van der Waals surface area contributed by atoms with E-state index in [0.717, 1.165) is 34.4 Å². The minimum atomic E-state index is -0.217. The maximum Gasteiger partial charge on any atom is 0.284 e. The number of amides is 2. The molecule has 0 bridgehead atoms.